The van der Waals surface area contributed by atoms with Crippen molar-refractivity contribution in [3.63, 3.8) is 0 Å². The van der Waals surface area contributed by atoms with Crippen LogP contribution in [0.3, 0.4) is 0 Å². The molecule has 3 N–H and O–H groups in total. The Bertz CT molecular complexity index is 559. The highest BCUT2D eigenvalue weighted by Gasteiger charge is 2.33. The number of sulfonamides is 1. The zero-order chi connectivity index (χ0) is 14.0. The van der Waals surface area contributed by atoms with Crippen LogP contribution in [0.4, 0.5) is 5.69 Å². The van der Waals surface area contributed by atoms with Gasteiger partial charge in [-0.25, -0.2) is 8.42 Å². The van der Waals surface area contributed by atoms with Crippen LogP contribution in [0, 0.1) is 6.92 Å². The first kappa shape index (κ1) is 14.3. The van der Waals surface area contributed by atoms with E-state index in [9.17, 15) is 13.5 Å². The van der Waals surface area contributed by atoms with E-state index in [0.717, 1.165) is 5.56 Å². The van der Waals surface area contributed by atoms with E-state index in [2.05, 4.69) is 0 Å². The standard InChI is InChI=1S/C12H18N2O4S/c1-9-6-11(2-3-12(9)13)19(16,17)14-4-5-18-8-10(14)7-15/h2-3,6,10,15H,4-5,7-8,13H2,1H3. The molecule has 0 saturated carbocycles. The van der Waals surface area contributed by atoms with Gasteiger partial charge in [0.1, 0.15) is 0 Å². The molecule has 0 aliphatic carbocycles. The van der Waals surface area contributed by atoms with Gasteiger partial charge >= 0.3 is 0 Å². The molecule has 7 heteroatoms. The van der Waals surface area contributed by atoms with Crippen LogP contribution in [-0.4, -0.2) is 50.2 Å². The Kier molecular flexibility index (Phi) is 4.10. The number of ether oxygens (including phenoxy) is 1. The smallest absolute Gasteiger partial charge is 0.243 e. The molecule has 0 amide bonds. The van der Waals surface area contributed by atoms with Crippen LogP contribution in [0.5, 0.6) is 0 Å². The normalized spacial score (nSPS) is 21.5. The molecule has 2 rings (SSSR count). The van der Waals surface area contributed by atoms with Gasteiger partial charge in [0.25, 0.3) is 0 Å². The number of nitrogen functional groups attached to an aromatic ring is 1. The van der Waals surface area contributed by atoms with E-state index in [4.69, 9.17) is 10.5 Å². The number of nitrogens with zero attached hydrogens (tertiary/aromatic N) is 1. The topological polar surface area (TPSA) is 92.9 Å². The van der Waals surface area contributed by atoms with E-state index >= 15 is 0 Å². The third-order valence-electron chi connectivity index (χ3n) is 3.23. The van der Waals surface area contributed by atoms with E-state index in [1.54, 1.807) is 19.1 Å². The first-order chi connectivity index (χ1) is 8.96. The summed E-state index contributed by atoms with van der Waals surface area (Å²) in [5.41, 5.74) is 6.97. The Morgan fingerprint density at radius 3 is 2.89 bits per heavy atom. The molecule has 1 heterocycles. The van der Waals surface area contributed by atoms with Crippen molar-refractivity contribution in [2.45, 2.75) is 17.9 Å². The predicted octanol–water partition coefficient (Wildman–Crippen LogP) is -0.0410. The quantitative estimate of drug-likeness (QED) is 0.761. The van der Waals surface area contributed by atoms with Gasteiger partial charge < -0.3 is 15.6 Å². The maximum absolute atomic E-state index is 12.5. The van der Waals surface area contributed by atoms with Crippen molar-refractivity contribution in [2.24, 2.45) is 0 Å². The fraction of sp³-hybridized carbons (Fsp3) is 0.500. The molecule has 1 aromatic rings. The molecule has 0 bridgehead atoms. The van der Waals surface area contributed by atoms with E-state index in [1.807, 2.05) is 0 Å². The van der Waals surface area contributed by atoms with Gasteiger partial charge in [-0.05, 0) is 30.7 Å². The van der Waals surface area contributed by atoms with Crippen LogP contribution in [0.25, 0.3) is 0 Å². The summed E-state index contributed by atoms with van der Waals surface area (Å²) in [7, 11) is -3.62. The third-order valence-corrected chi connectivity index (χ3v) is 5.18. The number of aliphatic hydroxyl groups is 1. The van der Waals surface area contributed by atoms with Crippen molar-refractivity contribution in [2.75, 3.05) is 32.1 Å². The average Bonchev–Trinajstić information content (AvgIpc) is 2.41. The van der Waals surface area contributed by atoms with Gasteiger partial charge in [-0.3, -0.25) is 0 Å². The van der Waals surface area contributed by atoms with Gasteiger partial charge in [0.15, 0.2) is 0 Å². The van der Waals surface area contributed by atoms with Crippen molar-refractivity contribution in [1.82, 2.24) is 4.31 Å². The summed E-state index contributed by atoms with van der Waals surface area (Å²) < 4.78 is 31.6. The largest absolute Gasteiger partial charge is 0.399 e. The molecule has 106 valence electrons. The van der Waals surface area contributed by atoms with Crippen molar-refractivity contribution in [3.05, 3.63) is 23.8 Å². The number of anilines is 1. The molecule has 1 saturated heterocycles. The van der Waals surface area contributed by atoms with Crippen LogP contribution in [0.15, 0.2) is 23.1 Å². The van der Waals surface area contributed by atoms with Crippen molar-refractivity contribution in [1.29, 1.82) is 0 Å². The lowest BCUT2D eigenvalue weighted by Gasteiger charge is -2.33. The SMILES string of the molecule is Cc1cc(S(=O)(=O)N2CCOCC2CO)ccc1N. The Morgan fingerprint density at radius 1 is 1.53 bits per heavy atom. The Hall–Kier alpha value is -1.15. The fourth-order valence-electron chi connectivity index (χ4n) is 2.04. The van der Waals surface area contributed by atoms with E-state index in [0.29, 0.717) is 12.3 Å². The van der Waals surface area contributed by atoms with Crippen LogP contribution in [0.1, 0.15) is 5.56 Å². The van der Waals surface area contributed by atoms with E-state index in [-0.39, 0.29) is 24.7 Å². The third kappa shape index (κ3) is 2.74. The first-order valence-corrected chi connectivity index (χ1v) is 7.47. The van der Waals surface area contributed by atoms with Gasteiger partial charge in [0.2, 0.25) is 10.0 Å². The van der Waals surface area contributed by atoms with Crippen molar-refractivity contribution in [3.8, 4) is 0 Å². The van der Waals surface area contributed by atoms with Gasteiger partial charge in [0.05, 0.1) is 30.8 Å². The lowest BCUT2D eigenvalue weighted by atomic mass is 10.2. The number of rotatable bonds is 3. The fourth-order valence-corrected chi connectivity index (χ4v) is 3.72. The number of aryl methyl sites for hydroxylation is 1. The van der Waals surface area contributed by atoms with Gasteiger partial charge in [0, 0.05) is 12.2 Å². The van der Waals surface area contributed by atoms with Crippen molar-refractivity contribution < 1.29 is 18.3 Å². The second-order valence-corrected chi connectivity index (χ2v) is 6.44. The van der Waals surface area contributed by atoms with Crippen LogP contribution in [-0.2, 0) is 14.8 Å². The molecule has 1 unspecified atom stereocenters. The molecule has 0 radical (unpaired) electrons. The highest BCUT2D eigenvalue weighted by molar-refractivity contribution is 7.89. The monoisotopic (exact) mass is 286 g/mol. The van der Waals surface area contributed by atoms with E-state index in [1.165, 1.54) is 10.4 Å². The molecular formula is C12H18N2O4S. The molecule has 1 aliphatic rings. The Labute approximate surface area is 112 Å². The summed E-state index contributed by atoms with van der Waals surface area (Å²) in [5.74, 6) is 0. The summed E-state index contributed by atoms with van der Waals surface area (Å²) >= 11 is 0. The minimum absolute atomic E-state index is 0.194. The maximum atomic E-state index is 12.5. The van der Waals surface area contributed by atoms with Gasteiger partial charge in [-0.1, -0.05) is 0 Å². The second kappa shape index (κ2) is 5.46. The Balaban J connectivity index is 2.37. The summed E-state index contributed by atoms with van der Waals surface area (Å²) in [4.78, 5) is 0.194. The maximum Gasteiger partial charge on any atom is 0.243 e. The van der Waals surface area contributed by atoms with Gasteiger partial charge in [-0.15, -0.1) is 0 Å². The highest BCUT2D eigenvalue weighted by Crippen LogP contribution is 2.23. The molecule has 6 nitrogen and oxygen atoms in total. The molecule has 1 atom stereocenters. The van der Waals surface area contributed by atoms with Crippen LogP contribution in [0.2, 0.25) is 0 Å². The summed E-state index contributed by atoms with van der Waals surface area (Å²) in [5, 5.41) is 9.26. The van der Waals surface area contributed by atoms with Crippen LogP contribution >= 0.6 is 0 Å². The number of nitrogens with two attached hydrogens (primary N) is 1. The average molecular weight is 286 g/mol. The molecule has 0 spiro atoms. The van der Waals surface area contributed by atoms with Crippen molar-refractivity contribution >= 4 is 15.7 Å². The minimum Gasteiger partial charge on any atom is -0.399 e. The molecule has 0 aromatic heterocycles. The zero-order valence-electron chi connectivity index (χ0n) is 10.7. The number of morpholine rings is 1. The lowest BCUT2D eigenvalue weighted by Crippen LogP contribution is -2.50. The minimum atomic E-state index is -3.62. The summed E-state index contributed by atoms with van der Waals surface area (Å²) in [6, 6.07) is 4.09. The number of hydrogen-bond donors (Lipinski definition) is 2. The molecule has 1 fully saturated rings. The Morgan fingerprint density at radius 2 is 2.26 bits per heavy atom. The molecule has 19 heavy (non-hydrogen) atoms. The van der Waals surface area contributed by atoms with Gasteiger partial charge in [-0.2, -0.15) is 4.31 Å². The first-order valence-electron chi connectivity index (χ1n) is 6.03. The van der Waals surface area contributed by atoms with E-state index < -0.39 is 16.1 Å². The molecular weight excluding hydrogens is 268 g/mol. The zero-order valence-corrected chi connectivity index (χ0v) is 11.6. The highest BCUT2D eigenvalue weighted by atomic mass is 32.2. The number of aliphatic hydroxyl groups excluding tert-OH is 1. The second-order valence-electron chi connectivity index (χ2n) is 4.55. The lowest BCUT2D eigenvalue weighted by molar-refractivity contribution is 0.0109. The molecule has 1 aliphatic heterocycles. The summed E-state index contributed by atoms with van der Waals surface area (Å²) in [6.45, 7) is 2.30. The van der Waals surface area contributed by atoms with Crippen LogP contribution < -0.4 is 5.73 Å². The number of benzene rings is 1. The number of hydrogen-bond acceptors (Lipinski definition) is 5. The molecule has 1 aromatic carbocycles. The predicted molar refractivity (Wildman–Crippen MR) is 71.2 cm³/mol. The summed E-state index contributed by atoms with van der Waals surface area (Å²) in [6.07, 6.45) is 0.